The van der Waals surface area contributed by atoms with Crippen molar-refractivity contribution in [3.63, 3.8) is 0 Å². The van der Waals surface area contributed by atoms with Crippen LogP contribution >= 0.6 is 0 Å². The van der Waals surface area contributed by atoms with E-state index < -0.39 is 0 Å². The second-order valence-corrected chi connectivity index (χ2v) is 5.01. The van der Waals surface area contributed by atoms with Gasteiger partial charge >= 0.3 is 0 Å². The quantitative estimate of drug-likeness (QED) is 0.903. The number of nitrogens with one attached hydrogen (secondary N) is 1. The predicted molar refractivity (Wildman–Crippen MR) is 71.3 cm³/mol. The predicted octanol–water partition coefficient (Wildman–Crippen LogP) is 1.34. The lowest BCUT2D eigenvalue weighted by Gasteiger charge is -2.31. The van der Waals surface area contributed by atoms with Gasteiger partial charge in [-0.05, 0) is 33.2 Å². The first-order valence-electron chi connectivity index (χ1n) is 6.80. The molecular weight excluding hydrogens is 242 g/mol. The molecule has 3 rings (SSSR count). The molecule has 2 aromatic rings. The van der Waals surface area contributed by atoms with Crippen LogP contribution in [0.3, 0.4) is 0 Å². The molecule has 2 aromatic heterocycles. The molecule has 0 aliphatic heterocycles. The number of likely N-dealkylation sites (N-methyl/N-ethyl adjacent to an activating group) is 1. The van der Waals surface area contributed by atoms with Crippen molar-refractivity contribution in [2.75, 3.05) is 7.05 Å². The summed E-state index contributed by atoms with van der Waals surface area (Å²) in [6.07, 6.45) is 8.42. The molecule has 6 nitrogen and oxygen atoms in total. The molecule has 1 fully saturated rings. The largest absolute Gasteiger partial charge is 0.470 e. The summed E-state index contributed by atoms with van der Waals surface area (Å²) in [5.74, 6) is 1.42. The van der Waals surface area contributed by atoms with Crippen molar-refractivity contribution >= 4 is 5.65 Å². The van der Waals surface area contributed by atoms with Gasteiger partial charge in [0, 0.05) is 18.4 Å². The monoisotopic (exact) mass is 261 g/mol. The van der Waals surface area contributed by atoms with Gasteiger partial charge in [-0.1, -0.05) is 6.42 Å². The summed E-state index contributed by atoms with van der Waals surface area (Å²) in [6, 6.07) is 0.389. The Morgan fingerprint density at radius 1 is 1.32 bits per heavy atom. The first-order chi connectivity index (χ1) is 9.29. The van der Waals surface area contributed by atoms with Crippen LogP contribution in [0.15, 0.2) is 12.4 Å². The first-order valence-corrected chi connectivity index (χ1v) is 6.80. The maximum Gasteiger partial charge on any atom is 0.260 e. The van der Waals surface area contributed by atoms with Gasteiger partial charge in [0.2, 0.25) is 5.65 Å². The van der Waals surface area contributed by atoms with E-state index in [0.717, 1.165) is 18.7 Å². The molecule has 102 valence electrons. The summed E-state index contributed by atoms with van der Waals surface area (Å²) in [6.45, 7) is 1.92. The van der Waals surface area contributed by atoms with Gasteiger partial charge in [0.05, 0.1) is 0 Å². The second kappa shape index (κ2) is 5.13. The fourth-order valence-electron chi connectivity index (χ4n) is 2.71. The zero-order valence-electron chi connectivity index (χ0n) is 11.3. The molecule has 6 heteroatoms. The van der Waals surface area contributed by atoms with Crippen LogP contribution in [0.1, 0.15) is 31.5 Å². The number of rotatable bonds is 3. The van der Waals surface area contributed by atoms with Crippen molar-refractivity contribution < 1.29 is 4.74 Å². The SMILES string of the molecule is CNC1CCCCC1Oc1nccn2c(C)nnc12. The maximum atomic E-state index is 6.09. The standard InChI is InChI=1S/C13H19N5O/c1-9-16-17-12-13(15-7-8-18(9)12)19-11-6-4-3-5-10(11)14-2/h7-8,10-11,14H,3-6H2,1-2H3. The Bertz CT molecular complexity index is 567. The summed E-state index contributed by atoms with van der Waals surface area (Å²) in [5, 5.41) is 11.5. The summed E-state index contributed by atoms with van der Waals surface area (Å²) in [5.41, 5.74) is 0.695. The minimum absolute atomic E-state index is 0.162. The maximum absolute atomic E-state index is 6.09. The molecule has 2 unspecified atom stereocenters. The number of aryl methyl sites for hydroxylation is 1. The van der Waals surface area contributed by atoms with Gasteiger partial charge in [-0.25, -0.2) is 4.98 Å². The highest BCUT2D eigenvalue weighted by Gasteiger charge is 2.26. The van der Waals surface area contributed by atoms with E-state index in [-0.39, 0.29) is 6.10 Å². The smallest absolute Gasteiger partial charge is 0.260 e. The molecule has 1 aliphatic rings. The first kappa shape index (κ1) is 12.3. The molecule has 2 heterocycles. The molecule has 2 atom stereocenters. The van der Waals surface area contributed by atoms with Crippen LogP contribution in [-0.2, 0) is 0 Å². The van der Waals surface area contributed by atoms with E-state index in [1.165, 1.54) is 12.8 Å². The lowest BCUT2D eigenvalue weighted by atomic mass is 9.92. The third kappa shape index (κ3) is 2.28. The Labute approximate surface area is 112 Å². The van der Waals surface area contributed by atoms with E-state index in [2.05, 4.69) is 20.5 Å². The van der Waals surface area contributed by atoms with E-state index >= 15 is 0 Å². The number of hydrogen-bond donors (Lipinski definition) is 1. The van der Waals surface area contributed by atoms with Gasteiger partial charge in [0.15, 0.2) is 0 Å². The fraction of sp³-hybridized carbons (Fsp3) is 0.615. The lowest BCUT2D eigenvalue weighted by molar-refractivity contribution is 0.114. The zero-order chi connectivity index (χ0) is 13.2. The third-order valence-corrected chi connectivity index (χ3v) is 3.80. The second-order valence-electron chi connectivity index (χ2n) is 5.01. The Hall–Kier alpha value is -1.69. The summed E-state index contributed by atoms with van der Waals surface area (Å²) < 4.78 is 7.99. The summed E-state index contributed by atoms with van der Waals surface area (Å²) in [4.78, 5) is 4.31. The number of ether oxygens (including phenoxy) is 1. The van der Waals surface area contributed by atoms with Gasteiger partial charge in [-0.3, -0.25) is 4.40 Å². The van der Waals surface area contributed by atoms with E-state index in [4.69, 9.17) is 4.74 Å². The van der Waals surface area contributed by atoms with Crippen LogP contribution in [0.4, 0.5) is 0 Å². The number of hydrogen-bond acceptors (Lipinski definition) is 5. The minimum Gasteiger partial charge on any atom is -0.470 e. The van der Waals surface area contributed by atoms with Crippen molar-refractivity contribution in [3.05, 3.63) is 18.2 Å². The number of fused-ring (bicyclic) bond motifs is 1. The molecule has 0 spiro atoms. The van der Waals surface area contributed by atoms with E-state index in [9.17, 15) is 0 Å². The lowest BCUT2D eigenvalue weighted by Crippen LogP contribution is -2.43. The van der Waals surface area contributed by atoms with Crippen LogP contribution in [0.2, 0.25) is 0 Å². The highest BCUT2D eigenvalue weighted by molar-refractivity contribution is 5.48. The minimum atomic E-state index is 0.162. The van der Waals surface area contributed by atoms with Gasteiger partial charge in [0.25, 0.3) is 5.88 Å². The van der Waals surface area contributed by atoms with Gasteiger partial charge in [-0.2, -0.15) is 0 Å². The van der Waals surface area contributed by atoms with Crippen molar-refractivity contribution in [3.8, 4) is 5.88 Å². The van der Waals surface area contributed by atoms with Crippen LogP contribution in [0.5, 0.6) is 5.88 Å². The fourth-order valence-corrected chi connectivity index (χ4v) is 2.71. The number of nitrogens with zero attached hydrogens (tertiary/aromatic N) is 4. The highest BCUT2D eigenvalue weighted by atomic mass is 16.5. The van der Waals surface area contributed by atoms with Crippen molar-refractivity contribution in [2.45, 2.75) is 44.8 Å². The van der Waals surface area contributed by atoms with Crippen molar-refractivity contribution in [1.82, 2.24) is 24.9 Å². The van der Waals surface area contributed by atoms with Crippen LogP contribution in [-0.4, -0.2) is 38.8 Å². The Morgan fingerprint density at radius 3 is 3.00 bits per heavy atom. The number of aromatic nitrogens is 4. The van der Waals surface area contributed by atoms with Crippen LogP contribution in [0.25, 0.3) is 5.65 Å². The summed E-state index contributed by atoms with van der Waals surface area (Å²) >= 11 is 0. The summed E-state index contributed by atoms with van der Waals surface area (Å²) in [7, 11) is 1.99. The molecule has 0 amide bonds. The van der Waals surface area contributed by atoms with Crippen molar-refractivity contribution in [1.29, 1.82) is 0 Å². The molecule has 1 aliphatic carbocycles. The van der Waals surface area contributed by atoms with E-state index in [1.54, 1.807) is 6.20 Å². The molecule has 1 N–H and O–H groups in total. The van der Waals surface area contributed by atoms with Crippen LogP contribution < -0.4 is 10.1 Å². The normalized spacial score (nSPS) is 23.7. The average molecular weight is 261 g/mol. The third-order valence-electron chi connectivity index (χ3n) is 3.80. The van der Waals surface area contributed by atoms with Crippen LogP contribution in [0, 0.1) is 6.92 Å². The average Bonchev–Trinajstić information content (AvgIpc) is 2.82. The van der Waals surface area contributed by atoms with Crippen molar-refractivity contribution in [2.24, 2.45) is 0 Å². The molecule has 1 saturated carbocycles. The molecule has 0 aromatic carbocycles. The molecular formula is C13H19N5O. The highest BCUT2D eigenvalue weighted by Crippen LogP contribution is 2.24. The van der Waals surface area contributed by atoms with Gasteiger partial charge in [0.1, 0.15) is 11.9 Å². The Kier molecular flexibility index (Phi) is 3.33. The van der Waals surface area contributed by atoms with Gasteiger partial charge < -0.3 is 10.1 Å². The molecule has 0 saturated heterocycles. The molecule has 19 heavy (non-hydrogen) atoms. The van der Waals surface area contributed by atoms with E-state index in [1.807, 2.05) is 24.6 Å². The van der Waals surface area contributed by atoms with Gasteiger partial charge in [-0.15, -0.1) is 10.2 Å². The van der Waals surface area contributed by atoms with E-state index in [0.29, 0.717) is 17.6 Å². The zero-order valence-corrected chi connectivity index (χ0v) is 11.3. The Morgan fingerprint density at radius 2 is 2.16 bits per heavy atom. The molecule has 0 radical (unpaired) electrons. The Balaban J connectivity index is 1.88. The molecule has 0 bridgehead atoms. The topological polar surface area (TPSA) is 64.3 Å².